The second kappa shape index (κ2) is 3.13. The molecule has 0 radical (unpaired) electrons. The Kier molecular flexibility index (Phi) is 2.35. The molecule has 0 spiro atoms. The number of aliphatic hydroxyl groups is 2. The van der Waals surface area contributed by atoms with Gasteiger partial charge in [0, 0.05) is 6.92 Å². The number of hydrogen-bond acceptors (Lipinski definition) is 3. The van der Waals surface area contributed by atoms with E-state index in [0.29, 0.717) is 5.75 Å². The zero-order valence-corrected chi connectivity index (χ0v) is 7.11. The van der Waals surface area contributed by atoms with Crippen LogP contribution in [0.4, 0.5) is 0 Å². The fourth-order valence-corrected chi connectivity index (χ4v) is 0.879. The van der Waals surface area contributed by atoms with Crippen LogP contribution in [0.1, 0.15) is 12.5 Å². The molecule has 0 aliphatic heterocycles. The van der Waals surface area contributed by atoms with Gasteiger partial charge < -0.3 is 14.9 Å². The van der Waals surface area contributed by atoms with Gasteiger partial charge in [-0.2, -0.15) is 0 Å². The molecule has 0 amide bonds. The van der Waals surface area contributed by atoms with Crippen molar-refractivity contribution in [1.82, 2.24) is 0 Å². The van der Waals surface area contributed by atoms with E-state index in [1.54, 1.807) is 12.1 Å². The van der Waals surface area contributed by atoms with E-state index in [4.69, 9.17) is 14.9 Å². The first-order valence-electron chi connectivity index (χ1n) is 3.68. The quantitative estimate of drug-likeness (QED) is 0.648. The van der Waals surface area contributed by atoms with Crippen LogP contribution in [0.3, 0.4) is 0 Å². The van der Waals surface area contributed by atoms with Crippen LogP contribution in [0.25, 0.3) is 0 Å². The summed E-state index contributed by atoms with van der Waals surface area (Å²) in [5, 5.41) is 17.9. The van der Waals surface area contributed by atoms with Gasteiger partial charge in [0.25, 0.3) is 0 Å². The molecule has 12 heavy (non-hydrogen) atoms. The summed E-state index contributed by atoms with van der Waals surface area (Å²) < 4.78 is 4.84. The van der Waals surface area contributed by atoms with Crippen LogP contribution in [0.2, 0.25) is 0 Å². The van der Waals surface area contributed by atoms with Crippen LogP contribution in [0.15, 0.2) is 24.3 Å². The standard InChI is InChI=1S/C9H12O3/c1-7-5-3-4-6-8(7)12-9(2,10)11/h3-6,10-11H,1-2H3. The number of hydrogen-bond donors (Lipinski definition) is 2. The molecule has 1 rings (SSSR count). The summed E-state index contributed by atoms with van der Waals surface area (Å²) in [6.45, 7) is 3.00. The van der Waals surface area contributed by atoms with Crippen LogP contribution in [-0.4, -0.2) is 16.2 Å². The van der Waals surface area contributed by atoms with Crippen LogP contribution >= 0.6 is 0 Å². The highest BCUT2D eigenvalue weighted by molar-refractivity contribution is 5.31. The summed E-state index contributed by atoms with van der Waals surface area (Å²) in [6, 6.07) is 7.14. The summed E-state index contributed by atoms with van der Waals surface area (Å²) >= 11 is 0. The molecule has 0 saturated heterocycles. The maximum absolute atomic E-state index is 8.93. The van der Waals surface area contributed by atoms with Gasteiger partial charge in [-0.3, -0.25) is 0 Å². The Morgan fingerprint density at radius 1 is 1.25 bits per heavy atom. The van der Waals surface area contributed by atoms with E-state index >= 15 is 0 Å². The van der Waals surface area contributed by atoms with E-state index in [9.17, 15) is 0 Å². The van der Waals surface area contributed by atoms with Crippen molar-refractivity contribution < 1.29 is 14.9 Å². The molecule has 0 atom stereocenters. The van der Waals surface area contributed by atoms with E-state index < -0.39 is 5.97 Å². The zero-order valence-electron chi connectivity index (χ0n) is 7.11. The highest BCUT2D eigenvalue weighted by atomic mass is 16.8. The highest BCUT2D eigenvalue weighted by Gasteiger charge is 2.17. The Hall–Kier alpha value is -1.06. The van der Waals surface area contributed by atoms with Crippen molar-refractivity contribution in [1.29, 1.82) is 0 Å². The Morgan fingerprint density at radius 3 is 2.33 bits per heavy atom. The maximum atomic E-state index is 8.93. The van der Waals surface area contributed by atoms with E-state index in [-0.39, 0.29) is 0 Å². The molecule has 1 aromatic carbocycles. The van der Waals surface area contributed by atoms with Crippen molar-refractivity contribution in [3.63, 3.8) is 0 Å². The molecule has 0 heterocycles. The van der Waals surface area contributed by atoms with Gasteiger partial charge in [0.05, 0.1) is 0 Å². The molecule has 0 fully saturated rings. The van der Waals surface area contributed by atoms with Crippen molar-refractivity contribution in [2.75, 3.05) is 0 Å². The monoisotopic (exact) mass is 168 g/mol. The lowest BCUT2D eigenvalue weighted by Gasteiger charge is -2.18. The molecule has 0 aliphatic carbocycles. The van der Waals surface area contributed by atoms with Crippen molar-refractivity contribution in [2.45, 2.75) is 19.8 Å². The third-order valence-corrected chi connectivity index (χ3v) is 1.40. The molecule has 3 nitrogen and oxygen atoms in total. The lowest BCUT2D eigenvalue weighted by atomic mass is 10.2. The summed E-state index contributed by atoms with van der Waals surface area (Å²) in [5.41, 5.74) is 0.867. The van der Waals surface area contributed by atoms with Crippen molar-refractivity contribution in [3.8, 4) is 5.75 Å². The summed E-state index contributed by atoms with van der Waals surface area (Å²) in [4.78, 5) is 0. The smallest absolute Gasteiger partial charge is 0.318 e. The van der Waals surface area contributed by atoms with Crippen LogP contribution < -0.4 is 4.74 Å². The van der Waals surface area contributed by atoms with Crippen molar-refractivity contribution >= 4 is 0 Å². The first-order valence-corrected chi connectivity index (χ1v) is 3.68. The average Bonchev–Trinajstić information content (AvgIpc) is 1.91. The van der Waals surface area contributed by atoms with E-state index in [1.807, 2.05) is 19.1 Å². The second-order valence-corrected chi connectivity index (χ2v) is 2.80. The van der Waals surface area contributed by atoms with Gasteiger partial charge in [0.15, 0.2) is 0 Å². The molecule has 0 unspecified atom stereocenters. The zero-order chi connectivity index (χ0) is 9.19. The molecule has 3 heteroatoms. The minimum Gasteiger partial charge on any atom is -0.439 e. The van der Waals surface area contributed by atoms with Crippen molar-refractivity contribution in [3.05, 3.63) is 29.8 Å². The topological polar surface area (TPSA) is 49.7 Å². The van der Waals surface area contributed by atoms with E-state index in [0.717, 1.165) is 5.56 Å². The molecular formula is C9H12O3. The van der Waals surface area contributed by atoms with Gasteiger partial charge in [-0.05, 0) is 18.6 Å². The lowest BCUT2D eigenvalue weighted by Crippen LogP contribution is -2.31. The second-order valence-electron chi connectivity index (χ2n) is 2.80. The Morgan fingerprint density at radius 2 is 1.83 bits per heavy atom. The van der Waals surface area contributed by atoms with E-state index in [1.165, 1.54) is 6.92 Å². The summed E-state index contributed by atoms with van der Waals surface area (Å²) in [7, 11) is 0. The third kappa shape index (κ3) is 2.53. The first kappa shape index (κ1) is 9.03. The minimum absolute atomic E-state index is 0.477. The molecule has 0 bridgehead atoms. The van der Waals surface area contributed by atoms with Gasteiger partial charge in [-0.25, -0.2) is 0 Å². The predicted octanol–water partition coefficient (Wildman–Crippen LogP) is 1.03. The SMILES string of the molecule is Cc1ccccc1OC(C)(O)O. The lowest BCUT2D eigenvalue weighted by molar-refractivity contribution is -0.278. The van der Waals surface area contributed by atoms with Crippen molar-refractivity contribution in [2.24, 2.45) is 0 Å². The molecule has 0 aliphatic rings. The van der Waals surface area contributed by atoms with Gasteiger partial charge in [-0.15, -0.1) is 0 Å². The molecular weight excluding hydrogens is 156 g/mol. The van der Waals surface area contributed by atoms with Gasteiger partial charge in [0.2, 0.25) is 0 Å². The number of rotatable bonds is 2. The van der Waals surface area contributed by atoms with Gasteiger partial charge in [0.1, 0.15) is 5.75 Å². The van der Waals surface area contributed by atoms with E-state index in [2.05, 4.69) is 0 Å². The third-order valence-electron chi connectivity index (χ3n) is 1.40. The first-order chi connectivity index (χ1) is 5.49. The summed E-state index contributed by atoms with van der Waals surface area (Å²) in [5.74, 6) is -1.63. The highest BCUT2D eigenvalue weighted by Crippen LogP contribution is 2.19. The molecule has 66 valence electrons. The Labute approximate surface area is 71.2 Å². The fraction of sp³-hybridized carbons (Fsp3) is 0.333. The minimum atomic E-state index is -2.11. The number of para-hydroxylation sites is 1. The van der Waals surface area contributed by atoms with Gasteiger partial charge in [-0.1, -0.05) is 18.2 Å². The van der Waals surface area contributed by atoms with Crippen LogP contribution in [-0.2, 0) is 0 Å². The largest absolute Gasteiger partial charge is 0.439 e. The van der Waals surface area contributed by atoms with Crippen LogP contribution in [0, 0.1) is 6.92 Å². The predicted molar refractivity (Wildman–Crippen MR) is 44.6 cm³/mol. The maximum Gasteiger partial charge on any atom is 0.318 e. The average molecular weight is 168 g/mol. The van der Waals surface area contributed by atoms with Gasteiger partial charge >= 0.3 is 5.97 Å². The normalized spacial score (nSPS) is 11.3. The molecule has 0 aromatic heterocycles. The molecule has 2 N–H and O–H groups in total. The Bertz CT molecular complexity index is 263. The number of ether oxygens (including phenoxy) is 1. The number of aryl methyl sites for hydroxylation is 1. The van der Waals surface area contributed by atoms with Crippen LogP contribution in [0.5, 0.6) is 5.75 Å². The summed E-state index contributed by atoms with van der Waals surface area (Å²) in [6.07, 6.45) is 0. The Balaban J connectivity index is 2.83. The number of benzene rings is 1. The molecule has 1 aromatic rings. The molecule has 0 saturated carbocycles. The fourth-order valence-electron chi connectivity index (χ4n) is 0.879.